The Balaban J connectivity index is 0.000000612. The van der Waals surface area contributed by atoms with E-state index < -0.39 is 0 Å². The van der Waals surface area contributed by atoms with Crippen molar-refractivity contribution in [3.05, 3.63) is 27.8 Å². The molecule has 1 aromatic rings. The SMILES string of the molecule is CC(N)=O.CCNCCNC(=O)CCCCNC(N)=NC.Cc1c(C)c2c(c(C)c1C=O)CC(C)(C)O2. The highest BCUT2D eigenvalue weighted by Crippen LogP contribution is 2.42. The number of fused-ring (bicyclic) bond motifs is 1. The summed E-state index contributed by atoms with van der Waals surface area (Å²) in [4.78, 5) is 35.5. The Morgan fingerprint density at radius 2 is 1.65 bits per heavy atom. The normalized spacial score (nSPS) is 13.1. The standard InChI is InChI=1S/C14H18O2.C11H25N5O.C2H5NO/c1-8-9(2)13-11(6-14(4,5)16-13)10(3)12(8)7-15;1-3-14-8-9-15-10(17)6-4-5-7-16-11(12)13-2;1-2(3)4/h7H,6H2,1-5H3;14H,3-9H2,1-2H3,(H,15,17)(H3,12,13,16);1H3,(H2,3,4). The van der Waals surface area contributed by atoms with Gasteiger partial charge >= 0.3 is 0 Å². The summed E-state index contributed by atoms with van der Waals surface area (Å²) in [6.45, 7) is 16.8. The van der Waals surface area contributed by atoms with E-state index >= 15 is 0 Å². The van der Waals surface area contributed by atoms with Crippen molar-refractivity contribution in [3.63, 3.8) is 0 Å². The third kappa shape index (κ3) is 13.1. The van der Waals surface area contributed by atoms with E-state index in [1.54, 1.807) is 7.05 Å². The number of aliphatic imine (C=N–C) groups is 1. The molecule has 0 atom stereocenters. The van der Waals surface area contributed by atoms with Crippen LogP contribution >= 0.6 is 0 Å². The first-order valence-electron chi connectivity index (χ1n) is 12.8. The van der Waals surface area contributed by atoms with E-state index in [9.17, 15) is 14.4 Å². The fraction of sp³-hybridized carbons (Fsp3) is 0.630. The van der Waals surface area contributed by atoms with Gasteiger partial charge in [0.05, 0.1) is 0 Å². The summed E-state index contributed by atoms with van der Waals surface area (Å²) in [5.41, 5.74) is 15.1. The maximum atomic E-state index is 11.4. The zero-order valence-electron chi connectivity index (χ0n) is 24.0. The molecule has 1 aliphatic heterocycles. The molecule has 0 aliphatic carbocycles. The molecule has 0 aromatic heterocycles. The number of benzene rings is 1. The fourth-order valence-corrected chi connectivity index (χ4v) is 3.74. The topological polar surface area (TPSA) is 161 Å². The third-order valence-corrected chi connectivity index (χ3v) is 5.79. The van der Waals surface area contributed by atoms with Gasteiger partial charge in [-0.3, -0.25) is 19.4 Å². The summed E-state index contributed by atoms with van der Waals surface area (Å²) in [7, 11) is 1.64. The average Bonchev–Trinajstić information content (AvgIpc) is 3.16. The first kappa shape index (κ1) is 33.9. The molecule has 10 nitrogen and oxygen atoms in total. The van der Waals surface area contributed by atoms with Gasteiger partial charge in [-0.15, -0.1) is 0 Å². The number of nitrogens with zero attached hydrogens (tertiary/aromatic N) is 1. The number of aldehydes is 1. The van der Waals surface area contributed by atoms with Crippen LogP contribution in [0.5, 0.6) is 5.75 Å². The predicted molar refractivity (Wildman–Crippen MR) is 150 cm³/mol. The van der Waals surface area contributed by atoms with E-state index in [2.05, 4.69) is 40.5 Å². The number of rotatable bonds is 10. The second-order valence-electron chi connectivity index (χ2n) is 9.56. The van der Waals surface area contributed by atoms with Crippen molar-refractivity contribution in [2.24, 2.45) is 16.5 Å². The molecule has 1 aliphatic rings. The Morgan fingerprint density at radius 1 is 1.03 bits per heavy atom. The molecular weight excluding hydrogens is 472 g/mol. The summed E-state index contributed by atoms with van der Waals surface area (Å²) in [6, 6.07) is 0. The largest absolute Gasteiger partial charge is 0.487 e. The van der Waals surface area contributed by atoms with Crippen molar-refractivity contribution < 1.29 is 19.1 Å². The number of carbonyl (C=O) groups is 3. The van der Waals surface area contributed by atoms with E-state index in [-0.39, 0.29) is 17.4 Å². The minimum absolute atomic E-state index is 0.111. The van der Waals surface area contributed by atoms with Crippen molar-refractivity contribution in [2.75, 3.05) is 33.2 Å². The molecule has 0 saturated carbocycles. The Labute approximate surface area is 222 Å². The number of nitrogens with one attached hydrogen (secondary N) is 3. The Morgan fingerprint density at radius 3 is 2.19 bits per heavy atom. The molecule has 0 spiro atoms. The summed E-state index contributed by atoms with van der Waals surface area (Å²) >= 11 is 0. The van der Waals surface area contributed by atoms with Crippen LogP contribution in [-0.4, -0.2) is 62.9 Å². The lowest BCUT2D eigenvalue weighted by Crippen LogP contribution is -2.33. The summed E-state index contributed by atoms with van der Waals surface area (Å²) < 4.78 is 5.97. The molecule has 1 aromatic carbocycles. The molecule has 1 heterocycles. The number of guanidine groups is 1. The summed E-state index contributed by atoms with van der Waals surface area (Å²) in [5.74, 6) is 1.21. The van der Waals surface area contributed by atoms with Crippen LogP contribution in [0.15, 0.2) is 4.99 Å². The molecule has 7 N–H and O–H groups in total. The van der Waals surface area contributed by atoms with Crippen molar-refractivity contribution in [1.82, 2.24) is 16.0 Å². The monoisotopic (exact) mass is 520 g/mol. The van der Waals surface area contributed by atoms with Crippen LogP contribution < -0.4 is 32.2 Å². The maximum Gasteiger partial charge on any atom is 0.220 e. The molecule has 0 fully saturated rings. The van der Waals surface area contributed by atoms with Gasteiger partial charge in [-0.25, -0.2) is 0 Å². The van der Waals surface area contributed by atoms with E-state index in [0.717, 1.165) is 73.2 Å². The summed E-state index contributed by atoms with van der Waals surface area (Å²) in [5, 5.41) is 8.96. The van der Waals surface area contributed by atoms with Crippen LogP contribution in [0.1, 0.15) is 79.6 Å². The van der Waals surface area contributed by atoms with Crippen molar-refractivity contribution >= 4 is 24.1 Å². The van der Waals surface area contributed by atoms with Crippen LogP contribution in [0.4, 0.5) is 0 Å². The highest BCUT2D eigenvalue weighted by molar-refractivity contribution is 5.82. The number of hydrogen-bond donors (Lipinski definition) is 5. The molecule has 0 saturated heterocycles. The van der Waals surface area contributed by atoms with E-state index in [1.165, 1.54) is 12.5 Å². The lowest BCUT2D eigenvalue weighted by Gasteiger charge is -2.18. The predicted octanol–water partition coefficient (Wildman–Crippen LogP) is 2.05. The Bertz CT molecular complexity index is 924. The molecule has 37 heavy (non-hydrogen) atoms. The molecule has 2 amide bonds. The number of ether oxygens (including phenoxy) is 1. The van der Waals surface area contributed by atoms with Gasteiger partial charge in [-0.05, 0) is 70.7 Å². The van der Waals surface area contributed by atoms with Gasteiger partial charge in [0.2, 0.25) is 11.8 Å². The number of carbonyl (C=O) groups excluding carboxylic acids is 3. The smallest absolute Gasteiger partial charge is 0.220 e. The van der Waals surface area contributed by atoms with E-state index in [0.29, 0.717) is 18.9 Å². The average molecular weight is 521 g/mol. The van der Waals surface area contributed by atoms with Crippen molar-refractivity contribution in [3.8, 4) is 5.75 Å². The van der Waals surface area contributed by atoms with Crippen molar-refractivity contribution in [1.29, 1.82) is 0 Å². The minimum atomic E-state index is -0.333. The maximum absolute atomic E-state index is 11.4. The minimum Gasteiger partial charge on any atom is -0.487 e. The third-order valence-electron chi connectivity index (χ3n) is 5.79. The van der Waals surface area contributed by atoms with Crippen LogP contribution in [0.3, 0.4) is 0 Å². The number of primary amides is 1. The number of nitrogens with two attached hydrogens (primary N) is 2. The second-order valence-corrected chi connectivity index (χ2v) is 9.56. The first-order valence-corrected chi connectivity index (χ1v) is 12.8. The highest BCUT2D eigenvalue weighted by Gasteiger charge is 2.34. The zero-order chi connectivity index (χ0) is 28.6. The van der Waals surface area contributed by atoms with Crippen LogP contribution in [0.25, 0.3) is 0 Å². The van der Waals surface area contributed by atoms with Gasteiger partial charge in [-0.1, -0.05) is 6.92 Å². The fourth-order valence-electron chi connectivity index (χ4n) is 3.74. The molecule has 210 valence electrons. The Hall–Kier alpha value is -3.14. The van der Waals surface area contributed by atoms with Gasteiger partial charge in [0.25, 0.3) is 0 Å². The van der Waals surface area contributed by atoms with Crippen LogP contribution in [0, 0.1) is 20.8 Å². The lowest BCUT2D eigenvalue weighted by molar-refractivity contribution is -0.121. The zero-order valence-corrected chi connectivity index (χ0v) is 24.0. The summed E-state index contributed by atoms with van der Waals surface area (Å²) in [6.07, 6.45) is 4.18. The second kappa shape index (κ2) is 17.3. The quantitative estimate of drug-likeness (QED) is 0.136. The number of likely N-dealkylation sites (N-methyl/N-ethyl adjacent to an activating group) is 1. The molecule has 0 unspecified atom stereocenters. The molecular formula is C27H48N6O4. The van der Waals surface area contributed by atoms with Crippen LogP contribution in [-0.2, 0) is 16.0 Å². The van der Waals surface area contributed by atoms with Crippen molar-refractivity contribution in [2.45, 2.75) is 79.8 Å². The first-order chi connectivity index (χ1) is 17.3. The van der Waals surface area contributed by atoms with Crippen LogP contribution in [0.2, 0.25) is 0 Å². The highest BCUT2D eigenvalue weighted by atomic mass is 16.5. The molecule has 2 rings (SSSR count). The van der Waals surface area contributed by atoms with Gasteiger partial charge in [0.15, 0.2) is 12.2 Å². The van der Waals surface area contributed by atoms with Gasteiger partial charge in [0.1, 0.15) is 11.4 Å². The number of unbranched alkanes of at least 4 members (excludes halogenated alkanes) is 1. The van der Waals surface area contributed by atoms with E-state index in [4.69, 9.17) is 10.5 Å². The molecule has 0 bridgehead atoms. The number of amides is 2. The number of hydrogen-bond acceptors (Lipinski definition) is 6. The van der Waals surface area contributed by atoms with E-state index in [1.807, 2.05) is 27.7 Å². The molecule has 0 radical (unpaired) electrons. The lowest BCUT2D eigenvalue weighted by atomic mass is 9.90. The van der Waals surface area contributed by atoms with Gasteiger partial charge in [-0.2, -0.15) is 0 Å². The van der Waals surface area contributed by atoms with Gasteiger partial charge in [0, 0.05) is 57.6 Å². The molecule has 10 heteroatoms. The van der Waals surface area contributed by atoms with Gasteiger partial charge < -0.3 is 32.2 Å². The Kier molecular flexibility index (Phi) is 15.9.